The Morgan fingerprint density at radius 1 is 1.37 bits per heavy atom. The van der Waals surface area contributed by atoms with Crippen molar-refractivity contribution in [2.75, 3.05) is 11.1 Å². The van der Waals surface area contributed by atoms with E-state index in [4.69, 9.17) is 9.73 Å². The van der Waals surface area contributed by atoms with Gasteiger partial charge in [-0.1, -0.05) is 18.7 Å². The number of amidine groups is 1. The van der Waals surface area contributed by atoms with Crippen LogP contribution in [0.4, 0.5) is 5.69 Å². The van der Waals surface area contributed by atoms with Crippen LogP contribution in [0.5, 0.6) is 5.75 Å². The largest absolute Gasteiger partial charge is 0.491 e. The standard InChI is InChI=1S/C15H22N2OS/c1-5-15(4)10-19-14(17-15)16-12-6-8-13(9-7-12)18-11(2)3/h6-9,11H,5,10H2,1-4H3,(H,16,17). The second-order valence-electron chi connectivity index (χ2n) is 5.37. The van der Waals surface area contributed by atoms with Gasteiger partial charge in [-0.3, -0.25) is 4.99 Å². The van der Waals surface area contributed by atoms with Crippen LogP contribution in [-0.4, -0.2) is 22.6 Å². The third-order valence-corrected chi connectivity index (χ3v) is 4.36. The van der Waals surface area contributed by atoms with Crippen molar-refractivity contribution >= 4 is 22.6 Å². The van der Waals surface area contributed by atoms with Crippen LogP contribution in [0.1, 0.15) is 34.1 Å². The minimum Gasteiger partial charge on any atom is -0.491 e. The van der Waals surface area contributed by atoms with E-state index in [1.54, 1.807) is 11.8 Å². The summed E-state index contributed by atoms with van der Waals surface area (Å²) in [5.41, 5.74) is 1.15. The number of thioether (sulfide) groups is 1. The Morgan fingerprint density at radius 3 is 2.58 bits per heavy atom. The van der Waals surface area contributed by atoms with Crippen molar-refractivity contribution in [3.63, 3.8) is 0 Å². The monoisotopic (exact) mass is 278 g/mol. The highest BCUT2D eigenvalue weighted by atomic mass is 32.2. The Bertz CT molecular complexity index is 456. The molecule has 1 aromatic carbocycles. The summed E-state index contributed by atoms with van der Waals surface area (Å²) >= 11 is 1.79. The Morgan fingerprint density at radius 2 is 2.05 bits per heavy atom. The first-order chi connectivity index (χ1) is 9.00. The summed E-state index contributed by atoms with van der Waals surface area (Å²) in [6, 6.07) is 8.04. The lowest BCUT2D eigenvalue weighted by Crippen LogP contribution is -2.20. The van der Waals surface area contributed by atoms with Crippen molar-refractivity contribution in [1.29, 1.82) is 0 Å². The van der Waals surface area contributed by atoms with Gasteiger partial charge in [0.15, 0.2) is 5.17 Å². The molecule has 1 aliphatic rings. The molecule has 1 aliphatic heterocycles. The van der Waals surface area contributed by atoms with Crippen molar-refractivity contribution in [2.45, 2.75) is 45.8 Å². The van der Waals surface area contributed by atoms with Crippen molar-refractivity contribution in [2.24, 2.45) is 4.99 Å². The first kappa shape index (κ1) is 14.3. The summed E-state index contributed by atoms with van der Waals surface area (Å²) in [7, 11) is 0. The second kappa shape index (κ2) is 5.87. The van der Waals surface area contributed by atoms with Crippen LogP contribution in [0.15, 0.2) is 29.3 Å². The SMILES string of the molecule is CCC1(C)CSC(Nc2ccc(OC(C)C)cc2)=N1. The van der Waals surface area contributed by atoms with Crippen molar-refractivity contribution in [1.82, 2.24) is 0 Å². The summed E-state index contributed by atoms with van der Waals surface area (Å²) in [6.07, 6.45) is 1.28. The number of anilines is 1. The average Bonchev–Trinajstić information content (AvgIpc) is 2.74. The van der Waals surface area contributed by atoms with Gasteiger partial charge in [-0.15, -0.1) is 0 Å². The van der Waals surface area contributed by atoms with Gasteiger partial charge < -0.3 is 10.1 Å². The summed E-state index contributed by atoms with van der Waals surface area (Å²) in [6.45, 7) is 8.45. The number of benzene rings is 1. The zero-order valence-corrected chi connectivity index (χ0v) is 12.9. The molecule has 0 radical (unpaired) electrons. The van der Waals surface area contributed by atoms with Crippen molar-refractivity contribution < 1.29 is 4.74 Å². The molecule has 2 rings (SSSR count). The molecule has 104 valence electrons. The molecule has 0 spiro atoms. The van der Waals surface area contributed by atoms with E-state index in [9.17, 15) is 0 Å². The summed E-state index contributed by atoms with van der Waals surface area (Å²) in [5.74, 6) is 1.96. The van der Waals surface area contributed by atoms with Gasteiger partial charge in [-0.2, -0.15) is 0 Å². The fourth-order valence-electron chi connectivity index (χ4n) is 1.79. The first-order valence-corrected chi connectivity index (χ1v) is 7.76. The number of rotatable bonds is 4. The Hall–Kier alpha value is -1.16. The van der Waals surface area contributed by atoms with Crippen molar-refractivity contribution in [3.8, 4) is 5.75 Å². The zero-order valence-electron chi connectivity index (χ0n) is 12.1. The quantitative estimate of drug-likeness (QED) is 0.898. The normalized spacial score (nSPS) is 22.5. The smallest absolute Gasteiger partial charge is 0.161 e. The Labute approximate surface area is 119 Å². The van der Waals surface area contributed by atoms with Gasteiger partial charge in [0.05, 0.1) is 11.6 Å². The average molecular weight is 278 g/mol. The summed E-state index contributed by atoms with van der Waals surface area (Å²) < 4.78 is 5.63. The van der Waals surface area contributed by atoms with Crippen LogP contribution in [0, 0.1) is 0 Å². The topological polar surface area (TPSA) is 33.6 Å². The predicted molar refractivity (Wildman–Crippen MR) is 84.4 cm³/mol. The number of hydrogen-bond donors (Lipinski definition) is 1. The minimum atomic E-state index is 0.0910. The molecule has 0 aliphatic carbocycles. The first-order valence-electron chi connectivity index (χ1n) is 6.77. The van der Waals surface area contributed by atoms with Gasteiger partial charge in [0.2, 0.25) is 0 Å². The molecule has 19 heavy (non-hydrogen) atoms. The van der Waals surface area contributed by atoms with Crippen LogP contribution in [0.25, 0.3) is 0 Å². The maximum absolute atomic E-state index is 5.63. The maximum Gasteiger partial charge on any atom is 0.161 e. The molecular formula is C15H22N2OS. The van der Waals surface area contributed by atoms with Crippen LogP contribution < -0.4 is 10.1 Å². The highest BCUT2D eigenvalue weighted by Gasteiger charge is 2.28. The van der Waals surface area contributed by atoms with Crippen LogP contribution in [0.3, 0.4) is 0 Å². The fourth-order valence-corrected chi connectivity index (χ4v) is 2.98. The van der Waals surface area contributed by atoms with Gasteiger partial charge in [-0.25, -0.2) is 0 Å². The highest BCUT2D eigenvalue weighted by Crippen LogP contribution is 2.30. The second-order valence-corrected chi connectivity index (χ2v) is 6.34. The third-order valence-electron chi connectivity index (χ3n) is 3.13. The Kier molecular flexibility index (Phi) is 4.40. The molecule has 1 atom stereocenters. The predicted octanol–water partition coefficient (Wildman–Crippen LogP) is 4.16. The van der Waals surface area contributed by atoms with E-state index in [1.165, 1.54) is 0 Å². The van der Waals surface area contributed by atoms with E-state index in [0.717, 1.165) is 28.8 Å². The lowest BCUT2D eigenvalue weighted by Gasteiger charge is -2.15. The lowest BCUT2D eigenvalue weighted by atomic mass is 10.0. The molecule has 4 heteroatoms. The van der Waals surface area contributed by atoms with Crippen LogP contribution in [0.2, 0.25) is 0 Å². The van der Waals surface area contributed by atoms with E-state index in [1.807, 2.05) is 38.1 Å². The summed E-state index contributed by atoms with van der Waals surface area (Å²) in [5, 5.41) is 4.38. The number of nitrogens with one attached hydrogen (secondary N) is 1. The molecule has 3 nitrogen and oxygen atoms in total. The molecular weight excluding hydrogens is 256 g/mol. The molecule has 1 unspecified atom stereocenters. The third kappa shape index (κ3) is 3.90. The lowest BCUT2D eigenvalue weighted by molar-refractivity contribution is 0.242. The molecule has 0 fully saturated rings. The molecule has 0 saturated heterocycles. The van der Waals surface area contributed by atoms with E-state index in [-0.39, 0.29) is 11.6 Å². The number of hydrogen-bond acceptors (Lipinski definition) is 4. The molecule has 1 heterocycles. The van der Waals surface area contributed by atoms with E-state index >= 15 is 0 Å². The van der Waals surface area contributed by atoms with Crippen LogP contribution in [-0.2, 0) is 0 Å². The van der Waals surface area contributed by atoms with E-state index < -0.39 is 0 Å². The molecule has 0 aromatic heterocycles. The van der Waals surface area contributed by atoms with E-state index in [0.29, 0.717) is 0 Å². The van der Waals surface area contributed by atoms with Gasteiger partial charge in [0, 0.05) is 11.4 Å². The molecule has 0 saturated carbocycles. The van der Waals surface area contributed by atoms with Crippen molar-refractivity contribution in [3.05, 3.63) is 24.3 Å². The fraction of sp³-hybridized carbons (Fsp3) is 0.533. The molecule has 1 N–H and O–H groups in total. The van der Waals surface area contributed by atoms with Gasteiger partial charge in [0.25, 0.3) is 0 Å². The van der Waals surface area contributed by atoms with Crippen LogP contribution >= 0.6 is 11.8 Å². The van der Waals surface area contributed by atoms with Gasteiger partial charge in [0.1, 0.15) is 5.75 Å². The number of ether oxygens (including phenoxy) is 1. The van der Waals surface area contributed by atoms with E-state index in [2.05, 4.69) is 19.2 Å². The number of aliphatic imine (C=N–C) groups is 1. The summed E-state index contributed by atoms with van der Waals surface area (Å²) in [4.78, 5) is 4.74. The van der Waals surface area contributed by atoms with Gasteiger partial charge in [-0.05, 0) is 51.5 Å². The molecule has 0 bridgehead atoms. The number of nitrogens with zero attached hydrogens (tertiary/aromatic N) is 1. The van der Waals surface area contributed by atoms with Gasteiger partial charge >= 0.3 is 0 Å². The minimum absolute atomic E-state index is 0.0910. The maximum atomic E-state index is 5.63. The Balaban J connectivity index is 1.99. The highest BCUT2D eigenvalue weighted by molar-refractivity contribution is 8.14. The molecule has 1 aromatic rings. The molecule has 0 amide bonds. The zero-order chi connectivity index (χ0) is 13.9.